The summed E-state index contributed by atoms with van der Waals surface area (Å²) in [5, 5.41) is 11.5. The van der Waals surface area contributed by atoms with Crippen molar-refractivity contribution in [3.05, 3.63) is 35.1 Å². The zero-order valence-electron chi connectivity index (χ0n) is 9.03. The molecule has 0 unspecified atom stereocenters. The normalized spacial score (nSPS) is 11.3. The van der Waals surface area contributed by atoms with Gasteiger partial charge in [0.05, 0.1) is 6.61 Å². The molecule has 5 heteroatoms. The molecule has 0 amide bonds. The van der Waals surface area contributed by atoms with E-state index in [1.807, 2.05) is 0 Å². The number of ether oxygens (including phenoxy) is 1. The minimum absolute atomic E-state index is 0.0686. The molecule has 0 atom stereocenters. The van der Waals surface area contributed by atoms with Crippen LogP contribution in [0.3, 0.4) is 0 Å². The molecule has 0 aliphatic rings. The molecule has 1 rings (SSSR count). The molecule has 1 aromatic rings. The Bertz CT molecular complexity index is 429. The molecule has 16 heavy (non-hydrogen) atoms. The second kappa shape index (κ2) is 5.25. The SMILES string of the molecule is CCOC(=O)/C(=N\O)c1cc(C)ccc1F. The predicted molar refractivity (Wildman–Crippen MR) is 56.1 cm³/mol. The first-order valence-electron chi connectivity index (χ1n) is 4.75. The quantitative estimate of drug-likeness (QED) is 0.370. The van der Waals surface area contributed by atoms with Crippen molar-refractivity contribution in [1.29, 1.82) is 0 Å². The van der Waals surface area contributed by atoms with Crippen LogP contribution >= 0.6 is 0 Å². The van der Waals surface area contributed by atoms with E-state index in [1.165, 1.54) is 12.1 Å². The van der Waals surface area contributed by atoms with Gasteiger partial charge in [0.25, 0.3) is 0 Å². The van der Waals surface area contributed by atoms with Gasteiger partial charge in [-0.1, -0.05) is 16.8 Å². The average molecular weight is 225 g/mol. The third kappa shape index (κ3) is 2.56. The van der Waals surface area contributed by atoms with E-state index in [4.69, 9.17) is 5.21 Å². The fourth-order valence-corrected chi connectivity index (χ4v) is 1.22. The van der Waals surface area contributed by atoms with Crippen LogP contribution in [0.5, 0.6) is 0 Å². The van der Waals surface area contributed by atoms with E-state index < -0.39 is 17.5 Å². The van der Waals surface area contributed by atoms with Crippen molar-refractivity contribution >= 4 is 11.7 Å². The molecule has 0 bridgehead atoms. The van der Waals surface area contributed by atoms with Gasteiger partial charge in [0.15, 0.2) is 5.71 Å². The first kappa shape index (κ1) is 12.2. The minimum Gasteiger partial charge on any atom is -0.461 e. The summed E-state index contributed by atoms with van der Waals surface area (Å²) in [6.07, 6.45) is 0. The van der Waals surface area contributed by atoms with Gasteiger partial charge >= 0.3 is 5.97 Å². The maximum atomic E-state index is 13.4. The molecular weight excluding hydrogens is 213 g/mol. The lowest BCUT2D eigenvalue weighted by Crippen LogP contribution is -2.20. The first-order chi connectivity index (χ1) is 7.60. The van der Waals surface area contributed by atoms with E-state index in [0.29, 0.717) is 0 Å². The second-order valence-electron chi connectivity index (χ2n) is 3.15. The lowest BCUT2D eigenvalue weighted by molar-refractivity contribution is -0.135. The predicted octanol–water partition coefficient (Wildman–Crippen LogP) is 1.88. The van der Waals surface area contributed by atoms with Gasteiger partial charge in [-0.15, -0.1) is 0 Å². The number of hydrogen-bond acceptors (Lipinski definition) is 4. The zero-order valence-corrected chi connectivity index (χ0v) is 9.03. The summed E-state index contributed by atoms with van der Waals surface area (Å²) < 4.78 is 18.1. The lowest BCUT2D eigenvalue weighted by atomic mass is 10.1. The molecule has 0 saturated carbocycles. The molecule has 1 N–H and O–H groups in total. The maximum Gasteiger partial charge on any atom is 0.361 e. The number of esters is 1. The number of rotatable bonds is 3. The maximum absolute atomic E-state index is 13.4. The lowest BCUT2D eigenvalue weighted by Gasteiger charge is -2.06. The highest BCUT2D eigenvalue weighted by Crippen LogP contribution is 2.12. The number of carbonyl (C=O) groups excluding carboxylic acids is 1. The second-order valence-corrected chi connectivity index (χ2v) is 3.15. The van der Waals surface area contributed by atoms with Crippen molar-refractivity contribution in [3.63, 3.8) is 0 Å². The summed E-state index contributed by atoms with van der Waals surface area (Å²) >= 11 is 0. The Labute approximate surface area is 92.3 Å². The molecule has 0 aliphatic heterocycles. The van der Waals surface area contributed by atoms with Crippen molar-refractivity contribution < 1.29 is 19.1 Å². The van der Waals surface area contributed by atoms with Crippen LogP contribution in [0.4, 0.5) is 4.39 Å². The molecule has 0 aliphatic carbocycles. The summed E-state index contributed by atoms with van der Waals surface area (Å²) in [6, 6.07) is 4.18. The largest absolute Gasteiger partial charge is 0.461 e. The van der Waals surface area contributed by atoms with Crippen molar-refractivity contribution in [1.82, 2.24) is 0 Å². The molecule has 0 aromatic heterocycles. The molecule has 1 aromatic carbocycles. The van der Waals surface area contributed by atoms with Gasteiger partial charge in [-0.2, -0.15) is 0 Å². The van der Waals surface area contributed by atoms with E-state index >= 15 is 0 Å². The Morgan fingerprint density at radius 2 is 2.25 bits per heavy atom. The van der Waals surface area contributed by atoms with Crippen LogP contribution in [0.25, 0.3) is 0 Å². The number of aryl methyl sites for hydroxylation is 1. The van der Waals surface area contributed by atoms with Crippen molar-refractivity contribution in [2.45, 2.75) is 13.8 Å². The Hall–Kier alpha value is -1.91. The Morgan fingerprint density at radius 3 is 2.81 bits per heavy atom. The molecular formula is C11H12FNO3. The molecule has 4 nitrogen and oxygen atoms in total. The van der Waals surface area contributed by atoms with Crippen LogP contribution in [0.15, 0.2) is 23.4 Å². The summed E-state index contributed by atoms with van der Waals surface area (Å²) in [4.78, 5) is 11.4. The van der Waals surface area contributed by atoms with Gasteiger partial charge in [-0.05, 0) is 26.0 Å². The van der Waals surface area contributed by atoms with E-state index in [2.05, 4.69) is 9.89 Å². The highest BCUT2D eigenvalue weighted by molar-refractivity contribution is 6.43. The van der Waals surface area contributed by atoms with Crippen molar-refractivity contribution in [2.75, 3.05) is 6.61 Å². The number of benzene rings is 1. The minimum atomic E-state index is -0.852. The van der Waals surface area contributed by atoms with E-state index in [9.17, 15) is 9.18 Å². The van der Waals surface area contributed by atoms with Gasteiger partial charge in [-0.3, -0.25) is 0 Å². The van der Waals surface area contributed by atoms with Gasteiger partial charge in [-0.25, -0.2) is 9.18 Å². The first-order valence-corrected chi connectivity index (χ1v) is 4.75. The third-order valence-electron chi connectivity index (χ3n) is 1.95. The van der Waals surface area contributed by atoms with E-state index in [0.717, 1.165) is 5.56 Å². The Balaban J connectivity index is 3.14. The molecule has 86 valence electrons. The number of hydrogen-bond donors (Lipinski definition) is 1. The van der Waals surface area contributed by atoms with E-state index in [-0.39, 0.29) is 12.2 Å². The Kier molecular flexibility index (Phi) is 3.99. The van der Waals surface area contributed by atoms with Crippen LogP contribution < -0.4 is 0 Å². The summed E-state index contributed by atoms with van der Waals surface area (Å²) in [5.74, 6) is -1.49. The molecule has 0 fully saturated rings. The highest BCUT2D eigenvalue weighted by atomic mass is 19.1. The summed E-state index contributed by atoms with van der Waals surface area (Å²) in [7, 11) is 0. The van der Waals surface area contributed by atoms with Crippen molar-refractivity contribution in [2.24, 2.45) is 5.16 Å². The van der Waals surface area contributed by atoms with E-state index in [1.54, 1.807) is 19.9 Å². The third-order valence-corrected chi connectivity index (χ3v) is 1.95. The van der Waals surface area contributed by atoms with Crippen LogP contribution in [0, 0.1) is 12.7 Å². The summed E-state index contributed by atoms with van der Waals surface area (Å²) in [6.45, 7) is 3.48. The average Bonchev–Trinajstić information content (AvgIpc) is 2.24. The molecule has 0 radical (unpaired) electrons. The van der Waals surface area contributed by atoms with Gasteiger partial charge in [0, 0.05) is 5.56 Å². The fourth-order valence-electron chi connectivity index (χ4n) is 1.22. The monoisotopic (exact) mass is 225 g/mol. The molecule has 0 heterocycles. The topological polar surface area (TPSA) is 58.9 Å². The smallest absolute Gasteiger partial charge is 0.361 e. The number of halogens is 1. The number of carbonyl (C=O) groups is 1. The fraction of sp³-hybridized carbons (Fsp3) is 0.273. The highest BCUT2D eigenvalue weighted by Gasteiger charge is 2.19. The molecule has 0 spiro atoms. The summed E-state index contributed by atoms with van der Waals surface area (Å²) in [5.41, 5.74) is 0.255. The van der Waals surface area contributed by atoms with Crippen LogP contribution in [-0.2, 0) is 9.53 Å². The van der Waals surface area contributed by atoms with Crippen molar-refractivity contribution in [3.8, 4) is 0 Å². The van der Waals surface area contributed by atoms with Crippen LogP contribution in [0.1, 0.15) is 18.1 Å². The zero-order chi connectivity index (χ0) is 12.1. The van der Waals surface area contributed by atoms with Crippen LogP contribution in [-0.4, -0.2) is 23.5 Å². The number of oxime groups is 1. The van der Waals surface area contributed by atoms with Gasteiger partial charge in [0.1, 0.15) is 5.82 Å². The van der Waals surface area contributed by atoms with Gasteiger partial charge in [0.2, 0.25) is 0 Å². The number of nitrogens with zero attached hydrogens (tertiary/aromatic N) is 1. The van der Waals surface area contributed by atoms with Gasteiger partial charge < -0.3 is 9.94 Å². The standard InChI is InChI=1S/C11H12FNO3/c1-3-16-11(14)10(13-15)8-6-7(2)4-5-9(8)12/h4-6,15H,3H2,1-2H3/b13-10-. The Morgan fingerprint density at radius 1 is 1.56 bits per heavy atom. The van der Waals surface area contributed by atoms with Crippen LogP contribution in [0.2, 0.25) is 0 Å². The molecule has 0 saturated heterocycles.